The van der Waals surface area contributed by atoms with Crippen LogP contribution in [0.4, 0.5) is 0 Å². The molecule has 0 aliphatic heterocycles. The van der Waals surface area contributed by atoms with E-state index in [1.807, 2.05) is 13.8 Å². The Morgan fingerprint density at radius 1 is 1.43 bits per heavy atom. The zero-order chi connectivity index (χ0) is 15.4. The fourth-order valence-corrected chi connectivity index (χ4v) is 2.25. The molecule has 0 saturated heterocycles. The zero-order valence-corrected chi connectivity index (χ0v) is 12.3. The number of fused-ring (bicyclic) bond motifs is 1. The molecular formula is C17H18O4. The lowest BCUT2D eigenvalue weighted by atomic mass is 10.0. The molecule has 4 nitrogen and oxygen atoms in total. The second kappa shape index (κ2) is 6.39. The highest BCUT2D eigenvalue weighted by Gasteiger charge is 2.19. The predicted molar refractivity (Wildman–Crippen MR) is 82.2 cm³/mol. The van der Waals surface area contributed by atoms with Crippen LogP contribution in [0.3, 0.4) is 0 Å². The second-order valence-electron chi connectivity index (χ2n) is 4.84. The van der Waals surface area contributed by atoms with Gasteiger partial charge in [0.25, 0.3) is 0 Å². The molecule has 1 aromatic heterocycles. The number of carbonyl (C=O) groups is 1. The first kappa shape index (κ1) is 15.0. The number of hydrogen-bond acceptors (Lipinski definition) is 4. The van der Waals surface area contributed by atoms with Gasteiger partial charge in [0, 0.05) is 17.9 Å². The molecule has 0 saturated carbocycles. The van der Waals surface area contributed by atoms with E-state index < -0.39 is 5.63 Å². The fourth-order valence-electron chi connectivity index (χ4n) is 2.25. The van der Waals surface area contributed by atoms with E-state index in [0.29, 0.717) is 29.7 Å². The number of carbonyl (C=O) groups excluding carboxylic acids is 1. The maximum atomic E-state index is 12.4. The fraction of sp³-hybridized carbons (Fsp3) is 0.294. The Kier molecular flexibility index (Phi) is 4.58. The van der Waals surface area contributed by atoms with Crippen molar-refractivity contribution in [2.75, 3.05) is 6.61 Å². The first-order chi connectivity index (χ1) is 10.1. The smallest absolute Gasteiger partial charge is 0.336 e. The molecule has 2 aromatic rings. The van der Waals surface area contributed by atoms with Crippen LogP contribution in [0.15, 0.2) is 40.1 Å². The molecule has 4 heteroatoms. The maximum Gasteiger partial charge on any atom is 0.336 e. The third-order valence-corrected chi connectivity index (χ3v) is 3.19. The van der Waals surface area contributed by atoms with Gasteiger partial charge < -0.3 is 9.15 Å². The molecule has 0 amide bonds. The second-order valence-corrected chi connectivity index (χ2v) is 4.84. The molecule has 0 atom stereocenters. The van der Waals surface area contributed by atoms with Gasteiger partial charge in [0.2, 0.25) is 0 Å². The summed E-state index contributed by atoms with van der Waals surface area (Å²) in [5.74, 6) is 0.338. The van der Waals surface area contributed by atoms with Crippen LogP contribution in [0.1, 0.15) is 35.7 Å². The van der Waals surface area contributed by atoms with E-state index in [2.05, 4.69) is 6.58 Å². The van der Waals surface area contributed by atoms with Gasteiger partial charge >= 0.3 is 5.63 Å². The van der Waals surface area contributed by atoms with Crippen molar-refractivity contribution in [3.8, 4) is 5.75 Å². The van der Waals surface area contributed by atoms with Gasteiger partial charge in [0.05, 0.1) is 0 Å². The van der Waals surface area contributed by atoms with Gasteiger partial charge in [0.15, 0.2) is 11.4 Å². The molecule has 0 unspecified atom stereocenters. The van der Waals surface area contributed by atoms with E-state index in [1.54, 1.807) is 18.2 Å². The van der Waals surface area contributed by atoms with E-state index in [9.17, 15) is 9.59 Å². The molecule has 0 bridgehead atoms. The van der Waals surface area contributed by atoms with Crippen molar-refractivity contribution < 1.29 is 13.9 Å². The highest BCUT2D eigenvalue weighted by molar-refractivity contribution is 6.08. The minimum atomic E-state index is -0.466. The van der Waals surface area contributed by atoms with Crippen LogP contribution in [0, 0.1) is 6.92 Å². The topological polar surface area (TPSA) is 56.5 Å². The Labute approximate surface area is 123 Å². The number of benzene rings is 1. The van der Waals surface area contributed by atoms with Crippen molar-refractivity contribution in [2.24, 2.45) is 0 Å². The largest absolute Gasteiger partial charge is 0.489 e. The summed E-state index contributed by atoms with van der Waals surface area (Å²) in [7, 11) is 0. The molecule has 1 heterocycles. The lowest BCUT2D eigenvalue weighted by molar-refractivity contribution is 0.0979. The summed E-state index contributed by atoms with van der Waals surface area (Å²) >= 11 is 0. The molecule has 110 valence electrons. The van der Waals surface area contributed by atoms with E-state index in [4.69, 9.17) is 9.15 Å². The van der Waals surface area contributed by atoms with Crippen molar-refractivity contribution in [2.45, 2.75) is 26.7 Å². The Hall–Kier alpha value is -2.36. The summed E-state index contributed by atoms with van der Waals surface area (Å²) in [6.45, 7) is 7.62. The Morgan fingerprint density at radius 2 is 2.19 bits per heavy atom. The molecule has 0 fully saturated rings. The number of aryl methyl sites for hydroxylation is 1. The number of Topliss-reactive ketones (excluding diaryl/α,β-unsaturated/α-hetero) is 1. The predicted octanol–water partition coefficient (Wildman–Crippen LogP) is 3.65. The van der Waals surface area contributed by atoms with Gasteiger partial charge in [-0.15, -0.1) is 0 Å². The van der Waals surface area contributed by atoms with Crippen molar-refractivity contribution in [1.82, 2.24) is 0 Å². The van der Waals surface area contributed by atoms with Crippen molar-refractivity contribution >= 4 is 16.8 Å². The van der Waals surface area contributed by atoms with E-state index in [1.165, 1.54) is 6.07 Å². The standard InChI is InChI=1S/C17H18O4/c1-4-6-13(18)16-14(20-9-5-2)8-7-12-11(3)10-15(19)21-17(12)16/h5,7-8,10H,2,4,6,9H2,1,3H3. The van der Waals surface area contributed by atoms with Gasteiger partial charge in [-0.05, 0) is 31.0 Å². The average Bonchev–Trinajstić information content (AvgIpc) is 2.44. The quantitative estimate of drug-likeness (QED) is 0.462. The molecular weight excluding hydrogens is 268 g/mol. The van der Waals surface area contributed by atoms with Gasteiger partial charge in [-0.2, -0.15) is 0 Å². The van der Waals surface area contributed by atoms with Gasteiger partial charge in [-0.3, -0.25) is 4.79 Å². The Balaban J connectivity index is 2.73. The number of ketones is 1. The highest BCUT2D eigenvalue weighted by atomic mass is 16.5. The van der Waals surface area contributed by atoms with Crippen LogP contribution < -0.4 is 10.4 Å². The van der Waals surface area contributed by atoms with Crippen LogP contribution in [0.2, 0.25) is 0 Å². The van der Waals surface area contributed by atoms with Crippen LogP contribution >= 0.6 is 0 Å². The zero-order valence-electron chi connectivity index (χ0n) is 12.3. The lowest BCUT2D eigenvalue weighted by Gasteiger charge is -2.12. The SMILES string of the molecule is C=CCOc1ccc2c(C)cc(=O)oc2c1C(=O)CCC. The van der Waals surface area contributed by atoms with Crippen molar-refractivity contribution in [3.63, 3.8) is 0 Å². The summed E-state index contributed by atoms with van der Waals surface area (Å²) in [5, 5.41) is 0.750. The summed E-state index contributed by atoms with van der Waals surface area (Å²) in [5.41, 5.74) is 0.963. The van der Waals surface area contributed by atoms with Gasteiger partial charge in [0.1, 0.15) is 17.9 Å². The molecule has 0 radical (unpaired) electrons. The number of ether oxygens (including phenoxy) is 1. The monoisotopic (exact) mass is 286 g/mol. The summed E-state index contributed by atoms with van der Waals surface area (Å²) < 4.78 is 10.8. The summed E-state index contributed by atoms with van der Waals surface area (Å²) in [4.78, 5) is 24.0. The van der Waals surface area contributed by atoms with Crippen molar-refractivity contribution in [3.05, 3.63) is 52.4 Å². The maximum absolute atomic E-state index is 12.4. The van der Waals surface area contributed by atoms with E-state index >= 15 is 0 Å². The molecule has 0 aliphatic carbocycles. The molecule has 2 rings (SSSR count). The molecule has 0 N–H and O–H groups in total. The van der Waals surface area contributed by atoms with E-state index in [0.717, 1.165) is 10.9 Å². The minimum Gasteiger partial charge on any atom is -0.489 e. The normalized spacial score (nSPS) is 10.6. The lowest BCUT2D eigenvalue weighted by Crippen LogP contribution is -2.08. The first-order valence-corrected chi connectivity index (χ1v) is 6.92. The molecule has 1 aromatic carbocycles. The Morgan fingerprint density at radius 3 is 2.86 bits per heavy atom. The van der Waals surface area contributed by atoms with Crippen LogP contribution in [-0.4, -0.2) is 12.4 Å². The van der Waals surface area contributed by atoms with Crippen LogP contribution in [0.5, 0.6) is 5.75 Å². The van der Waals surface area contributed by atoms with Crippen molar-refractivity contribution in [1.29, 1.82) is 0 Å². The summed E-state index contributed by atoms with van der Waals surface area (Å²) in [6.07, 6.45) is 2.69. The number of hydrogen-bond donors (Lipinski definition) is 0. The van der Waals surface area contributed by atoms with Gasteiger partial charge in [-0.1, -0.05) is 19.6 Å². The first-order valence-electron chi connectivity index (χ1n) is 6.92. The Bertz CT molecular complexity index is 740. The van der Waals surface area contributed by atoms with E-state index in [-0.39, 0.29) is 12.4 Å². The number of rotatable bonds is 6. The third-order valence-electron chi connectivity index (χ3n) is 3.19. The average molecular weight is 286 g/mol. The summed E-state index contributed by atoms with van der Waals surface area (Å²) in [6, 6.07) is 4.96. The minimum absolute atomic E-state index is 0.0871. The highest BCUT2D eigenvalue weighted by Crippen LogP contribution is 2.30. The molecule has 0 aliphatic rings. The van der Waals surface area contributed by atoms with Crippen LogP contribution in [-0.2, 0) is 0 Å². The molecule has 0 spiro atoms. The van der Waals surface area contributed by atoms with Gasteiger partial charge in [-0.25, -0.2) is 4.79 Å². The molecule has 21 heavy (non-hydrogen) atoms. The third kappa shape index (κ3) is 3.05. The van der Waals surface area contributed by atoms with Crippen LogP contribution in [0.25, 0.3) is 11.0 Å².